The molecular formula is C19H13NS. The smallest absolute Gasteiger partial charge is 0.0503 e. The molecule has 0 N–H and O–H groups in total. The minimum Gasteiger partial charge on any atom is -0.344 e. The SMILES string of the molecule is Cn1c2ccccc2c2cc3c(cc21)sc1ccccc13. The number of rotatable bonds is 0. The molecule has 5 rings (SSSR count). The number of nitrogens with zero attached hydrogens (tertiary/aromatic N) is 1. The van der Waals surface area contributed by atoms with Crippen LogP contribution in [0.5, 0.6) is 0 Å². The highest BCUT2D eigenvalue weighted by Crippen LogP contribution is 2.38. The third-order valence-corrected chi connectivity index (χ3v) is 5.55. The van der Waals surface area contributed by atoms with Crippen LogP contribution in [0.3, 0.4) is 0 Å². The summed E-state index contributed by atoms with van der Waals surface area (Å²) in [5.41, 5.74) is 2.62. The molecule has 21 heavy (non-hydrogen) atoms. The van der Waals surface area contributed by atoms with E-state index in [1.165, 1.54) is 42.0 Å². The molecule has 0 fully saturated rings. The first-order valence-electron chi connectivity index (χ1n) is 7.11. The van der Waals surface area contributed by atoms with Crippen LogP contribution in [0.1, 0.15) is 0 Å². The lowest BCUT2D eigenvalue weighted by molar-refractivity contribution is 1.02. The van der Waals surface area contributed by atoms with E-state index in [4.69, 9.17) is 0 Å². The van der Waals surface area contributed by atoms with E-state index < -0.39 is 0 Å². The lowest BCUT2D eigenvalue weighted by Gasteiger charge is -1.97. The van der Waals surface area contributed by atoms with Crippen molar-refractivity contribution in [2.24, 2.45) is 7.05 Å². The first-order chi connectivity index (χ1) is 10.3. The van der Waals surface area contributed by atoms with E-state index in [0.717, 1.165) is 0 Å². The normalized spacial score (nSPS) is 12.0. The standard InChI is InChI=1S/C19H13NS/c1-20-16-8-4-2-6-12(16)14-10-15-13-7-3-5-9-18(13)21-19(15)11-17(14)20/h2-11H,1H3. The van der Waals surface area contributed by atoms with Gasteiger partial charge in [-0.2, -0.15) is 0 Å². The van der Waals surface area contributed by atoms with Gasteiger partial charge in [-0.3, -0.25) is 0 Å². The van der Waals surface area contributed by atoms with Crippen LogP contribution >= 0.6 is 11.3 Å². The lowest BCUT2D eigenvalue weighted by Crippen LogP contribution is -1.85. The van der Waals surface area contributed by atoms with Crippen molar-refractivity contribution in [2.75, 3.05) is 0 Å². The number of benzene rings is 3. The number of aromatic nitrogens is 1. The van der Waals surface area contributed by atoms with Gasteiger partial charge in [0.1, 0.15) is 0 Å². The molecule has 0 unspecified atom stereocenters. The highest BCUT2D eigenvalue weighted by atomic mass is 32.1. The second-order valence-electron chi connectivity index (χ2n) is 5.54. The number of hydrogen-bond donors (Lipinski definition) is 0. The summed E-state index contributed by atoms with van der Waals surface area (Å²) in [6.45, 7) is 0. The molecule has 3 aromatic carbocycles. The van der Waals surface area contributed by atoms with Gasteiger partial charge in [0, 0.05) is 43.5 Å². The number of thiophene rings is 1. The van der Waals surface area contributed by atoms with Crippen LogP contribution in [0.25, 0.3) is 42.0 Å². The van der Waals surface area contributed by atoms with Crippen LogP contribution in [-0.4, -0.2) is 4.57 Å². The van der Waals surface area contributed by atoms with E-state index in [1.54, 1.807) is 0 Å². The quantitative estimate of drug-likeness (QED) is 0.344. The van der Waals surface area contributed by atoms with Crippen molar-refractivity contribution in [2.45, 2.75) is 0 Å². The van der Waals surface area contributed by atoms with Crippen LogP contribution in [0.2, 0.25) is 0 Å². The maximum absolute atomic E-state index is 2.37. The Hall–Kier alpha value is -2.32. The molecule has 5 aromatic rings. The van der Waals surface area contributed by atoms with Gasteiger partial charge in [-0.05, 0) is 24.3 Å². The Morgan fingerprint density at radius 1 is 0.667 bits per heavy atom. The molecule has 0 radical (unpaired) electrons. The first-order valence-corrected chi connectivity index (χ1v) is 7.93. The Morgan fingerprint density at radius 2 is 1.43 bits per heavy atom. The third-order valence-electron chi connectivity index (χ3n) is 4.41. The topological polar surface area (TPSA) is 4.93 Å². The Bertz CT molecular complexity index is 1140. The zero-order valence-electron chi connectivity index (χ0n) is 11.6. The van der Waals surface area contributed by atoms with Crippen molar-refractivity contribution in [1.29, 1.82) is 0 Å². The van der Waals surface area contributed by atoms with Crippen LogP contribution in [0, 0.1) is 0 Å². The molecule has 0 aliphatic heterocycles. The Balaban J connectivity index is 2.08. The summed E-state index contributed by atoms with van der Waals surface area (Å²) in [4.78, 5) is 0. The maximum atomic E-state index is 2.37. The summed E-state index contributed by atoms with van der Waals surface area (Å²) in [6, 6.07) is 22.0. The molecule has 1 nitrogen and oxygen atoms in total. The van der Waals surface area contributed by atoms with Gasteiger partial charge < -0.3 is 4.57 Å². The fraction of sp³-hybridized carbons (Fsp3) is 0.0526. The highest BCUT2D eigenvalue weighted by molar-refractivity contribution is 7.25. The fourth-order valence-corrected chi connectivity index (χ4v) is 4.50. The highest BCUT2D eigenvalue weighted by Gasteiger charge is 2.11. The average molecular weight is 287 g/mol. The van der Waals surface area contributed by atoms with Gasteiger partial charge in [0.05, 0.1) is 5.52 Å². The summed E-state index contributed by atoms with van der Waals surface area (Å²) in [7, 11) is 2.16. The van der Waals surface area contributed by atoms with Crippen LogP contribution in [-0.2, 0) is 7.05 Å². The number of para-hydroxylation sites is 1. The summed E-state index contributed by atoms with van der Waals surface area (Å²) in [5, 5.41) is 5.43. The molecule has 100 valence electrons. The van der Waals surface area contributed by atoms with Crippen LogP contribution in [0.15, 0.2) is 60.7 Å². The van der Waals surface area contributed by atoms with E-state index in [9.17, 15) is 0 Å². The van der Waals surface area contributed by atoms with E-state index in [-0.39, 0.29) is 0 Å². The number of aryl methyl sites for hydroxylation is 1. The van der Waals surface area contributed by atoms with Gasteiger partial charge in [0.2, 0.25) is 0 Å². The summed E-state index contributed by atoms with van der Waals surface area (Å²) < 4.78 is 5.04. The largest absolute Gasteiger partial charge is 0.344 e. The molecule has 0 aliphatic rings. The molecule has 0 aliphatic carbocycles. The van der Waals surface area contributed by atoms with Crippen molar-refractivity contribution in [1.82, 2.24) is 4.57 Å². The van der Waals surface area contributed by atoms with Crippen molar-refractivity contribution in [3.05, 3.63) is 60.7 Å². The lowest BCUT2D eigenvalue weighted by atomic mass is 10.1. The van der Waals surface area contributed by atoms with Gasteiger partial charge in [0.25, 0.3) is 0 Å². The number of hydrogen-bond acceptors (Lipinski definition) is 1. The van der Waals surface area contributed by atoms with Gasteiger partial charge in [-0.25, -0.2) is 0 Å². The Morgan fingerprint density at radius 3 is 2.33 bits per heavy atom. The second kappa shape index (κ2) is 3.86. The van der Waals surface area contributed by atoms with Crippen molar-refractivity contribution in [3.8, 4) is 0 Å². The van der Waals surface area contributed by atoms with Gasteiger partial charge in [-0.15, -0.1) is 11.3 Å². The minimum absolute atomic E-state index is 1.30. The Labute approximate surface area is 126 Å². The third kappa shape index (κ3) is 1.40. The summed E-state index contributed by atoms with van der Waals surface area (Å²) in [6.07, 6.45) is 0. The molecule has 0 spiro atoms. The van der Waals surface area contributed by atoms with Gasteiger partial charge in [0.15, 0.2) is 0 Å². The van der Waals surface area contributed by atoms with Gasteiger partial charge >= 0.3 is 0 Å². The fourth-order valence-electron chi connectivity index (χ4n) is 3.38. The zero-order valence-corrected chi connectivity index (χ0v) is 12.4. The molecule has 0 amide bonds. The van der Waals surface area contributed by atoms with E-state index in [1.807, 2.05) is 11.3 Å². The molecule has 0 saturated carbocycles. The maximum Gasteiger partial charge on any atom is 0.0503 e. The molecule has 2 heteroatoms. The summed E-state index contributed by atoms with van der Waals surface area (Å²) in [5.74, 6) is 0. The summed E-state index contributed by atoms with van der Waals surface area (Å²) >= 11 is 1.88. The van der Waals surface area contributed by atoms with Crippen molar-refractivity contribution in [3.63, 3.8) is 0 Å². The second-order valence-corrected chi connectivity index (χ2v) is 6.62. The predicted molar refractivity (Wildman–Crippen MR) is 93.3 cm³/mol. The molecule has 2 aromatic heterocycles. The zero-order chi connectivity index (χ0) is 14.0. The first kappa shape index (κ1) is 11.4. The molecular weight excluding hydrogens is 274 g/mol. The van der Waals surface area contributed by atoms with E-state index in [2.05, 4.69) is 72.3 Å². The average Bonchev–Trinajstić information content (AvgIpc) is 3.02. The molecule has 0 saturated heterocycles. The monoisotopic (exact) mass is 287 g/mol. The molecule has 0 atom stereocenters. The van der Waals surface area contributed by atoms with Gasteiger partial charge in [-0.1, -0.05) is 36.4 Å². The molecule has 2 heterocycles. The van der Waals surface area contributed by atoms with Crippen molar-refractivity contribution < 1.29 is 0 Å². The van der Waals surface area contributed by atoms with Crippen LogP contribution in [0.4, 0.5) is 0 Å². The number of fused-ring (bicyclic) bond motifs is 6. The predicted octanol–water partition coefficient (Wildman–Crippen LogP) is 5.70. The van der Waals surface area contributed by atoms with E-state index in [0.29, 0.717) is 0 Å². The minimum atomic E-state index is 1.30. The van der Waals surface area contributed by atoms with Crippen LogP contribution < -0.4 is 0 Å². The molecule has 0 bridgehead atoms. The van der Waals surface area contributed by atoms with Crippen molar-refractivity contribution >= 4 is 53.3 Å². The van der Waals surface area contributed by atoms with E-state index >= 15 is 0 Å². The Kier molecular flexibility index (Phi) is 2.09.